The molecule has 0 amide bonds. The van der Waals surface area contributed by atoms with Crippen molar-refractivity contribution in [1.29, 1.82) is 0 Å². The molecule has 0 saturated carbocycles. The summed E-state index contributed by atoms with van der Waals surface area (Å²) in [6, 6.07) is 4.91. The molecule has 0 aliphatic carbocycles. The molecule has 8 heteroatoms. The van der Waals surface area contributed by atoms with Crippen molar-refractivity contribution in [3.8, 4) is 11.5 Å². The van der Waals surface area contributed by atoms with Gasteiger partial charge in [0, 0.05) is 17.3 Å². The molecule has 0 fully saturated rings. The monoisotopic (exact) mass is 336 g/mol. The lowest BCUT2D eigenvalue weighted by Crippen LogP contribution is -2.11. The summed E-state index contributed by atoms with van der Waals surface area (Å²) in [6.45, 7) is 1.91. The normalized spacial score (nSPS) is 10.8. The van der Waals surface area contributed by atoms with E-state index in [1.807, 2.05) is 6.92 Å². The van der Waals surface area contributed by atoms with Gasteiger partial charge in [0.15, 0.2) is 11.5 Å². The predicted octanol–water partition coefficient (Wildman–Crippen LogP) is 2.45. The van der Waals surface area contributed by atoms with E-state index in [1.165, 1.54) is 26.5 Å². The van der Waals surface area contributed by atoms with Crippen LogP contribution in [-0.2, 0) is 6.42 Å². The Kier molecular flexibility index (Phi) is 5.59. The van der Waals surface area contributed by atoms with Crippen LogP contribution in [0.5, 0.6) is 11.5 Å². The van der Waals surface area contributed by atoms with Gasteiger partial charge in [-0.1, -0.05) is 18.5 Å². The number of anilines is 1. The summed E-state index contributed by atoms with van der Waals surface area (Å²) in [5, 5.41) is 4.41. The largest absolute Gasteiger partial charge is 0.493 e. The molecule has 7 nitrogen and oxygen atoms in total. The number of hydrazone groups is 1. The molecule has 0 saturated heterocycles. The van der Waals surface area contributed by atoms with Crippen molar-refractivity contribution in [3.05, 3.63) is 44.8 Å². The van der Waals surface area contributed by atoms with Crippen LogP contribution in [0.4, 0.5) is 5.95 Å². The minimum atomic E-state index is -0.237. The second kappa shape index (κ2) is 7.64. The highest BCUT2D eigenvalue weighted by atomic mass is 35.5. The molecule has 2 rings (SSSR count). The Labute approximate surface area is 138 Å². The lowest BCUT2D eigenvalue weighted by molar-refractivity contribution is 0.355. The van der Waals surface area contributed by atoms with Gasteiger partial charge < -0.3 is 9.47 Å². The molecule has 1 heterocycles. The van der Waals surface area contributed by atoms with Crippen LogP contribution < -0.4 is 20.5 Å². The van der Waals surface area contributed by atoms with E-state index in [4.69, 9.17) is 21.1 Å². The molecule has 1 aromatic heterocycles. The average molecular weight is 337 g/mol. The van der Waals surface area contributed by atoms with Crippen LogP contribution in [0, 0.1) is 0 Å². The van der Waals surface area contributed by atoms with E-state index >= 15 is 0 Å². The number of methoxy groups -OCH3 is 2. The summed E-state index contributed by atoms with van der Waals surface area (Å²) in [6.07, 6.45) is 2.16. The zero-order chi connectivity index (χ0) is 16.8. The number of rotatable bonds is 6. The number of nitrogens with one attached hydrogen (secondary N) is 2. The number of hydrogen-bond acceptors (Lipinski definition) is 6. The molecule has 2 N–H and O–H groups in total. The van der Waals surface area contributed by atoms with Crippen LogP contribution in [0.3, 0.4) is 0 Å². The Bertz CT molecular complexity index is 774. The predicted molar refractivity (Wildman–Crippen MR) is 90.0 cm³/mol. The Balaban J connectivity index is 2.21. The third-order valence-corrected chi connectivity index (χ3v) is 3.44. The Morgan fingerprint density at radius 3 is 2.83 bits per heavy atom. The number of H-pyrrole nitrogens is 1. The Hall–Kier alpha value is -2.54. The summed E-state index contributed by atoms with van der Waals surface area (Å²) >= 11 is 6.25. The number of aromatic amines is 1. The minimum absolute atomic E-state index is 0.237. The fraction of sp³-hybridized carbons (Fsp3) is 0.267. The van der Waals surface area contributed by atoms with Crippen LogP contribution in [0.15, 0.2) is 28.1 Å². The van der Waals surface area contributed by atoms with Gasteiger partial charge in [-0.2, -0.15) is 5.10 Å². The molecule has 1 aromatic carbocycles. The highest BCUT2D eigenvalue weighted by Gasteiger charge is 2.11. The number of halogens is 1. The lowest BCUT2D eigenvalue weighted by atomic mass is 10.2. The van der Waals surface area contributed by atoms with Gasteiger partial charge in [0.1, 0.15) is 0 Å². The highest BCUT2D eigenvalue weighted by Crippen LogP contribution is 2.36. The van der Waals surface area contributed by atoms with Gasteiger partial charge in [0.25, 0.3) is 5.56 Å². The van der Waals surface area contributed by atoms with E-state index in [-0.39, 0.29) is 11.5 Å². The van der Waals surface area contributed by atoms with Crippen molar-refractivity contribution < 1.29 is 9.47 Å². The van der Waals surface area contributed by atoms with E-state index in [1.54, 1.807) is 12.1 Å². The Morgan fingerprint density at radius 1 is 1.39 bits per heavy atom. The third kappa shape index (κ3) is 4.01. The zero-order valence-corrected chi connectivity index (χ0v) is 13.8. The van der Waals surface area contributed by atoms with Gasteiger partial charge in [-0.05, 0) is 18.6 Å². The molecule has 0 atom stereocenters. The number of aryl methyl sites for hydroxylation is 1. The molecule has 122 valence electrons. The van der Waals surface area contributed by atoms with Crippen LogP contribution in [-0.4, -0.2) is 30.4 Å². The summed E-state index contributed by atoms with van der Waals surface area (Å²) in [7, 11) is 3.04. The smallest absolute Gasteiger partial charge is 0.252 e. The molecule has 0 spiro atoms. The summed E-state index contributed by atoms with van der Waals surface area (Å²) in [4.78, 5) is 18.2. The number of ether oxygens (including phenoxy) is 2. The van der Waals surface area contributed by atoms with Crippen molar-refractivity contribution in [2.45, 2.75) is 13.3 Å². The SMILES string of the molecule is CCc1cc(=O)[nH]c(N/N=C\c2ccc(OC)c(OC)c2Cl)n1. The van der Waals surface area contributed by atoms with Gasteiger partial charge in [-0.25, -0.2) is 10.4 Å². The van der Waals surface area contributed by atoms with E-state index in [2.05, 4.69) is 20.5 Å². The van der Waals surface area contributed by atoms with E-state index < -0.39 is 0 Å². The second-order valence-corrected chi connectivity index (χ2v) is 4.89. The topological polar surface area (TPSA) is 88.6 Å². The average Bonchev–Trinajstić information content (AvgIpc) is 2.55. The zero-order valence-electron chi connectivity index (χ0n) is 13.0. The van der Waals surface area contributed by atoms with Crippen LogP contribution >= 0.6 is 11.6 Å². The maximum atomic E-state index is 11.5. The van der Waals surface area contributed by atoms with Crippen molar-refractivity contribution in [2.24, 2.45) is 5.10 Å². The summed E-state index contributed by atoms with van der Waals surface area (Å²) in [5.41, 5.74) is 3.74. The van der Waals surface area contributed by atoms with Gasteiger partial charge in [-0.15, -0.1) is 0 Å². The number of nitrogens with zero attached hydrogens (tertiary/aromatic N) is 2. The molecule has 0 unspecified atom stereocenters. The van der Waals surface area contributed by atoms with Crippen molar-refractivity contribution in [1.82, 2.24) is 9.97 Å². The molecule has 0 bridgehead atoms. The molecular formula is C15H17ClN4O3. The van der Waals surface area contributed by atoms with Gasteiger partial charge in [0.05, 0.1) is 25.5 Å². The Morgan fingerprint density at radius 2 is 2.17 bits per heavy atom. The van der Waals surface area contributed by atoms with E-state index in [0.717, 1.165) is 0 Å². The third-order valence-electron chi connectivity index (χ3n) is 3.05. The van der Waals surface area contributed by atoms with Gasteiger partial charge in [0.2, 0.25) is 5.95 Å². The number of hydrogen-bond donors (Lipinski definition) is 2. The minimum Gasteiger partial charge on any atom is -0.493 e. The maximum Gasteiger partial charge on any atom is 0.252 e. The van der Waals surface area contributed by atoms with Crippen molar-refractivity contribution in [2.75, 3.05) is 19.6 Å². The van der Waals surface area contributed by atoms with Crippen molar-refractivity contribution >= 4 is 23.8 Å². The first-order valence-corrected chi connectivity index (χ1v) is 7.26. The standard InChI is InChI=1S/C15H17ClN4O3/c1-4-10-7-12(21)19-15(18-10)20-17-8-9-5-6-11(22-2)14(23-3)13(9)16/h5-8H,4H2,1-3H3,(H2,18,19,20,21)/b17-8-. The second-order valence-electron chi connectivity index (χ2n) is 4.51. The lowest BCUT2D eigenvalue weighted by Gasteiger charge is -2.10. The first-order valence-electron chi connectivity index (χ1n) is 6.88. The van der Waals surface area contributed by atoms with Gasteiger partial charge >= 0.3 is 0 Å². The summed E-state index contributed by atoms with van der Waals surface area (Å²) < 4.78 is 10.4. The van der Waals surface area contributed by atoms with Crippen LogP contribution in [0.25, 0.3) is 0 Å². The summed E-state index contributed by atoms with van der Waals surface area (Å²) in [5.74, 6) is 1.23. The molecular weight excluding hydrogens is 320 g/mol. The van der Waals surface area contributed by atoms with E-state index in [9.17, 15) is 4.79 Å². The number of benzene rings is 1. The van der Waals surface area contributed by atoms with Crippen molar-refractivity contribution in [3.63, 3.8) is 0 Å². The molecule has 0 radical (unpaired) electrons. The first kappa shape index (κ1) is 16.8. The molecule has 0 aliphatic heterocycles. The molecule has 2 aromatic rings. The number of aromatic nitrogens is 2. The molecule has 23 heavy (non-hydrogen) atoms. The van der Waals surface area contributed by atoms with E-state index in [0.29, 0.717) is 34.2 Å². The quantitative estimate of drug-likeness (QED) is 0.625. The fourth-order valence-electron chi connectivity index (χ4n) is 1.91. The highest BCUT2D eigenvalue weighted by molar-refractivity contribution is 6.34. The van der Waals surface area contributed by atoms with Crippen LogP contribution in [0.2, 0.25) is 5.02 Å². The maximum absolute atomic E-state index is 11.5. The molecule has 0 aliphatic rings. The first-order chi connectivity index (χ1) is 11.1. The van der Waals surface area contributed by atoms with Gasteiger partial charge in [-0.3, -0.25) is 9.78 Å². The van der Waals surface area contributed by atoms with Crippen LogP contribution in [0.1, 0.15) is 18.2 Å². The fourth-order valence-corrected chi connectivity index (χ4v) is 2.19.